The molecule has 1 unspecified atom stereocenters. The molecule has 1 N–H and O–H groups in total. The molecule has 3 rings (SSSR count). The SMILES string of the molecule is [2H]C([2H])(C)c1cnc(CNC([2H])([2H])C2(F)CC([2H])([2H])N(C(=O)c3ccc(F)c(Cl)c3)CC2([2H])[2H])nc1. The van der Waals surface area contributed by atoms with Crippen molar-refractivity contribution in [1.29, 1.82) is 0 Å². The van der Waals surface area contributed by atoms with E-state index in [1.165, 1.54) is 19.3 Å². The van der Waals surface area contributed by atoms with E-state index < -0.39 is 67.7 Å². The van der Waals surface area contributed by atoms with Gasteiger partial charge >= 0.3 is 0 Å². The third-order valence-corrected chi connectivity index (χ3v) is 4.26. The van der Waals surface area contributed by atoms with E-state index >= 15 is 4.39 Å². The van der Waals surface area contributed by atoms with E-state index in [-0.39, 0.29) is 17.0 Å². The van der Waals surface area contributed by atoms with Gasteiger partial charge in [-0.3, -0.25) is 4.79 Å². The summed E-state index contributed by atoms with van der Waals surface area (Å²) < 4.78 is 94.3. The monoisotopic (exact) mass is 416 g/mol. The molecule has 1 fully saturated rings. The molecule has 0 radical (unpaired) electrons. The highest BCUT2D eigenvalue weighted by Gasteiger charge is 2.36. The molecular formula is C20H23ClF2N4O. The fraction of sp³-hybridized carbons (Fsp3) is 0.450. The number of likely N-dealkylation sites (tertiary alicyclic amines) is 1. The van der Waals surface area contributed by atoms with Gasteiger partial charge in [0.25, 0.3) is 5.91 Å². The number of hydrogen-bond acceptors (Lipinski definition) is 4. The van der Waals surface area contributed by atoms with Crippen LogP contribution in [0.1, 0.15) is 52.4 Å². The molecule has 0 spiro atoms. The quantitative estimate of drug-likeness (QED) is 0.782. The van der Waals surface area contributed by atoms with E-state index in [1.54, 1.807) is 0 Å². The van der Waals surface area contributed by atoms with Gasteiger partial charge in [0.15, 0.2) is 0 Å². The van der Waals surface area contributed by atoms with Crippen molar-refractivity contribution < 1.29 is 24.5 Å². The van der Waals surface area contributed by atoms with Crippen LogP contribution in [0.25, 0.3) is 0 Å². The summed E-state index contributed by atoms with van der Waals surface area (Å²) in [6.07, 6.45) is -3.75. The lowest BCUT2D eigenvalue weighted by Crippen LogP contribution is -2.48. The van der Waals surface area contributed by atoms with Gasteiger partial charge in [-0.1, -0.05) is 18.5 Å². The summed E-state index contributed by atoms with van der Waals surface area (Å²) in [7, 11) is 0. The van der Waals surface area contributed by atoms with Gasteiger partial charge in [0.05, 0.1) is 11.6 Å². The van der Waals surface area contributed by atoms with E-state index in [4.69, 9.17) is 22.6 Å². The molecule has 150 valence electrons. The van der Waals surface area contributed by atoms with Crippen LogP contribution in [0.2, 0.25) is 5.02 Å². The van der Waals surface area contributed by atoms with Crippen molar-refractivity contribution in [1.82, 2.24) is 20.2 Å². The number of alkyl halides is 1. The number of carbonyl (C=O) groups is 1. The molecule has 5 nitrogen and oxygen atoms in total. The number of aromatic nitrogens is 2. The lowest BCUT2D eigenvalue weighted by atomic mass is 9.92. The van der Waals surface area contributed by atoms with Crippen molar-refractivity contribution in [3.8, 4) is 0 Å². The van der Waals surface area contributed by atoms with Crippen LogP contribution in [0.5, 0.6) is 0 Å². The average Bonchev–Trinajstić information content (AvgIpc) is 2.76. The van der Waals surface area contributed by atoms with Crippen LogP contribution in [0.15, 0.2) is 30.6 Å². The molecule has 1 aliphatic rings. The van der Waals surface area contributed by atoms with E-state index in [1.807, 2.05) is 0 Å². The third kappa shape index (κ3) is 5.02. The van der Waals surface area contributed by atoms with Crippen LogP contribution < -0.4 is 5.32 Å². The van der Waals surface area contributed by atoms with Crippen molar-refractivity contribution in [3.63, 3.8) is 0 Å². The largest absolute Gasteiger partial charge is 0.338 e. The fourth-order valence-electron chi connectivity index (χ4n) is 2.38. The summed E-state index contributed by atoms with van der Waals surface area (Å²) in [4.78, 5) is 21.1. The van der Waals surface area contributed by atoms with Crippen LogP contribution in [-0.4, -0.2) is 46.0 Å². The maximum Gasteiger partial charge on any atom is 0.253 e. The second-order valence-electron chi connectivity index (χ2n) is 5.95. The number of carbonyl (C=O) groups excluding carboxylic acids is 1. The highest BCUT2D eigenvalue weighted by atomic mass is 35.5. The Morgan fingerprint density at radius 1 is 1.46 bits per heavy atom. The van der Waals surface area contributed by atoms with Crippen molar-refractivity contribution in [2.75, 3.05) is 19.5 Å². The number of amides is 1. The molecule has 1 aromatic carbocycles. The summed E-state index contributed by atoms with van der Waals surface area (Å²) in [5.74, 6) is -1.91. The van der Waals surface area contributed by atoms with Gasteiger partial charge in [0, 0.05) is 61.3 Å². The first-order chi connectivity index (χ1) is 16.3. The Bertz CT molecular complexity index is 1150. The Hall–Kier alpha value is -2.12. The van der Waals surface area contributed by atoms with Crippen LogP contribution in [0.3, 0.4) is 0 Å². The van der Waals surface area contributed by atoms with Crippen LogP contribution >= 0.6 is 11.6 Å². The lowest BCUT2D eigenvalue weighted by molar-refractivity contribution is 0.0434. The van der Waals surface area contributed by atoms with Crippen molar-refractivity contribution in [2.24, 2.45) is 0 Å². The molecule has 2 heterocycles. The maximum atomic E-state index is 16.2. The molecule has 1 amide bonds. The minimum absolute atomic E-state index is 0.0279. The zero-order valence-electron chi connectivity index (χ0n) is 22.9. The Morgan fingerprint density at radius 3 is 2.89 bits per heavy atom. The molecule has 8 heteroatoms. The predicted molar refractivity (Wildman–Crippen MR) is 104 cm³/mol. The van der Waals surface area contributed by atoms with E-state index in [0.717, 1.165) is 18.2 Å². The summed E-state index contributed by atoms with van der Waals surface area (Å²) in [6.45, 7) is -6.27. The molecule has 0 bridgehead atoms. The molecule has 0 aliphatic carbocycles. The Labute approximate surface area is 179 Å². The fourth-order valence-corrected chi connectivity index (χ4v) is 2.56. The third-order valence-electron chi connectivity index (χ3n) is 3.97. The number of aryl methyl sites for hydroxylation is 1. The van der Waals surface area contributed by atoms with Gasteiger partial charge in [-0.25, -0.2) is 18.7 Å². The van der Waals surface area contributed by atoms with Crippen LogP contribution in [-0.2, 0) is 12.9 Å². The zero-order valence-corrected chi connectivity index (χ0v) is 15.6. The number of hydrogen-bond donors (Lipinski definition) is 1. The van der Waals surface area contributed by atoms with Crippen molar-refractivity contribution >= 4 is 17.5 Å². The highest BCUT2D eigenvalue weighted by Crippen LogP contribution is 2.27. The minimum Gasteiger partial charge on any atom is -0.338 e. The first-order valence-corrected chi connectivity index (χ1v) is 8.71. The Balaban J connectivity index is 1.83. The second kappa shape index (κ2) is 8.92. The first kappa shape index (κ1) is 12.4. The molecule has 2 aromatic rings. The molecule has 28 heavy (non-hydrogen) atoms. The topological polar surface area (TPSA) is 58.1 Å². The van der Waals surface area contributed by atoms with Gasteiger partial charge in [-0.05, 0) is 30.1 Å². The van der Waals surface area contributed by atoms with Gasteiger partial charge in [-0.2, -0.15) is 0 Å². The van der Waals surface area contributed by atoms with Gasteiger partial charge in [-0.15, -0.1) is 0 Å². The standard InChI is InChI=1S/C20H23ClF2N4O/c1-2-14-10-25-18(26-11-14)12-24-13-20(23)5-7-27(8-6-20)19(28)15-3-4-17(22)16(21)9-15/h3-4,9-11,24H,2,5-8,12-13H2,1H3/i2D2,5D2,8D2,13D2. The number of piperidine rings is 1. The summed E-state index contributed by atoms with van der Waals surface area (Å²) in [5.41, 5.74) is -3.52. The van der Waals surface area contributed by atoms with E-state index in [0.29, 0.717) is 4.90 Å². The molecule has 1 atom stereocenters. The van der Waals surface area contributed by atoms with Gasteiger partial charge in [0.1, 0.15) is 17.3 Å². The molecular weight excluding hydrogens is 386 g/mol. The summed E-state index contributed by atoms with van der Waals surface area (Å²) in [5, 5.41) is 1.79. The second-order valence-corrected chi connectivity index (χ2v) is 6.36. The number of rotatable bonds is 6. The Kier molecular flexibility index (Phi) is 3.96. The summed E-state index contributed by atoms with van der Waals surface area (Å²) in [6, 6.07) is 2.86. The Morgan fingerprint density at radius 2 is 2.21 bits per heavy atom. The smallest absolute Gasteiger partial charge is 0.253 e. The van der Waals surface area contributed by atoms with Crippen molar-refractivity contribution in [3.05, 3.63) is 58.4 Å². The number of nitrogens with zero attached hydrogens (tertiary/aromatic N) is 3. The normalized spacial score (nSPS) is 28.5. The molecule has 0 saturated carbocycles. The predicted octanol–water partition coefficient (Wildman–Crippen LogP) is 3.57. The summed E-state index contributed by atoms with van der Waals surface area (Å²) >= 11 is 5.68. The van der Waals surface area contributed by atoms with E-state index in [2.05, 4.69) is 15.3 Å². The zero-order chi connectivity index (χ0) is 27.3. The van der Waals surface area contributed by atoms with Gasteiger partial charge in [0.2, 0.25) is 0 Å². The lowest BCUT2D eigenvalue weighted by Gasteiger charge is -2.36. The van der Waals surface area contributed by atoms with Crippen molar-refractivity contribution in [2.45, 2.75) is 38.3 Å². The minimum atomic E-state index is -3.44. The van der Waals surface area contributed by atoms with E-state index in [9.17, 15) is 9.18 Å². The molecule has 1 aliphatic heterocycles. The number of nitrogens with one attached hydrogen (secondary N) is 1. The first-order valence-electron chi connectivity index (χ1n) is 12.3. The molecule has 1 saturated heterocycles. The molecule has 1 aromatic heterocycles. The number of benzene rings is 1. The van der Waals surface area contributed by atoms with Crippen LogP contribution in [0, 0.1) is 5.82 Å². The maximum absolute atomic E-state index is 16.2. The van der Waals surface area contributed by atoms with Gasteiger partial charge < -0.3 is 10.2 Å². The average molecular weight is 417 g/mol. The highest BCUT2D eigenvalue weighted by molar-refractivity contribution is 6.31. The van der Waals surface area contributed by atoms with Crippen LogP contribution in [0.4, 0.5) is 8.78 Å². The number of halogens is 3.